The molecule has 1 N–H and O–H groups in total. The highest BCUT2D eigenvalue weighted by molar-refractivity contribution is 7.91. The number of hydrogen-bond donors (Lipinski definition) is 1. The predicted octanol–water partition coefficient (Wildman–Crippen LogP) is 1.71. The Morgan fingerprint density at radius 1 is 1.50 bits per heavy atom. The van der Waals surface area contributed by atoms with Gasteiger partial charge >= 0.3 is 0 Å². The molecule has 1 aliphatic carbocycles. The molecule has 1 saturated carbocycles. The number of fused-ring (bicyclic) bond motifs is 1. The summed E-state index contributed by atoms with van der Waals surface area (Å²) in [5.74, 6) is -0.0835. The van der Waals surface area contributed by atoms with Gasteiger partial charge in [-0.3, -0.25) is 4.79 Å². The van der Waals surface area contributed by atoms with E-state index >= 15 is 0 Å². The molecule has 1 amide bonds. The van der Waals surface area contributed by atoms with E-state index in [9.17, 15) is 13.2 Å². The summed E-state index contributed by atoms with van der Waals surface area (Å²) in [6, 6.07) is 4.81. The fourth-order valence-electron chi connectivity index (χ4n) is 3.07. The zero-order valence-corrected chi connectivity index (χ0v) is 13.9. The predicted molar refractivity (Wildman–Crippen MR) is 83.6 cm³/mol. The van der Waals surface area contributed by atoms with Gasteiger partial charge in [0.25, 0.3) is 0 Å². The molecule has 0 radical (unpaired) electrons. The van der Waals surface area contributed by atoms with Crippen molar-refractivity contribution < 1.29 is 17.9 Å². The van der Waals surface area contributed by atoms with Crippen LogP contribution in [-0.2, 0) is 14.8 Å². The van der Waals surface area contributed by atoms with Crippen molar-refractivity contribution in [3.63, 3.8) is 0 Å². The van der Waals surface area contributed by atoms with Crippen LogP contribution in [0.4, 0.5) is 5.69 Å². The Balaban J connectivity index is 1.85. The van der Waals surface area contributed by atoms with Crippen molar-refractivity contribution in [2.75, 3.05) is 26.0 Å². The number of anilines is 1. The Kier molecular flexibility index (Phi) is 3.62. The number of nitrogens with zero attached hydrogens (tertiary/aromatic N) is 1. The summed E-state index contributed by atoms with van der Waals surface area (Å²) in [6.07, 6.45) is 1.10. The molecular weight excluding hydrogens is 328 g/mol. The van der Waals surface area contributed by atoms with E-state index in [0.717, 1.165) is 0 Å². The summed E-state index contributed by atoms with van der Waals surface area (Å²) in [4.78, 5) is 12.6. The minimum atomic E-state index is -3.61. The molecule has 2 fully saturated rings. The normalized spacial score (nSPS) is 29.5. The molecule has 0 unspecified atom stereocenters. The van der Waals surface area contributed by atoms with Crippen molar-refractivity contribution in [1.82, 2.24) is 4.31 Å². The second kappa shape index (κ2) is 5.11. The molecule has 1 aromatic carbocycles. The lowest BCUT2D eigenvalue weighted by atomic mass is 10.2. The molecule has 1 saturated heterocycles. The summed E-state index contributed by atoms with van der Waals surface area (Å²) in [7, 11) is -0.592. The molecular formula is C14H17ClN2O4S. The lowest BCUT2D eigenvalue weighted by molar-refractivity contribution is -0.117. The monoisotopic (exact) mass is 344 g/mol. The second-order valence-corrected chi connectivity index (χ2v) is 8.42. The van der Waals surface area contributed by atoms with Gasteiger partial charge in [0, 0.05) is 19.3 Å². The van der Waals surface area contributed by atoms with Crippen LogP contribution in [0.15, 0.2) is 18.2 Å². The fraction of sp³-hybridized carbons (Fsp3) is 0.500. The van der Waals surface area contributed by atoms with Crippen molar-refractivity contribution >= 4 is 33.2 Å². The highest BCUT2D eigenvalue weighted by atomic mass is 35.5. The number of ether oxygens (including phenoxy) is 1. The molecule has 1 aromatic rings. The van der Waals surface area contributed by atoms with Crippen LogP contribution < -0.4 is 10.1 Å². The van der Waals surface area contributed by atoms with Gasteiger partial charge in [0.2, 0.25) is 15.9 Å². The Labute approximate surface area is 134 Å². The molecule has 1 aliphatic heterocycles. The molecule has 8 heteroatoms. The lowest BCUT2D eigenvalue weighted by Gasteiger charge is -2.28. The summed E-state index contributed by atoms with van der Waals surface area (Å²) < 4.78 is 30.0. The second-order valence-electron chi connectivity index (χ2n) is 5.71. The number of benzene rings is 1. The Morgan fingerprint density at radius 3 is 2.86 bits per heavy atom. The van der Waals surface area contributed by atoms with Gasteiger partial charge in [-0.2, -0.15) is 0 Å². The smallest absolute Gasteiger partial charge is 0.247 e. The van der Waals surface area contributed by atoms with E-state index in [2.05, 4.69) is 5.32 Å². The van der Waals surface area contributed by atoms with Crippen LogP contribution in [-0.4, -0.2) is 44.1 Å². The first kappa shape index (κ1) is 15.6. The van der Waals surface area contributed by atoms with Crippen molar-refractivity contribution in [2.24, 2.45) is 5.92 Å². The van der Waals surface area contributed by atoms with Gasteiger partial charge in [0.05, 0.1) is 12.1 Å². The van der Waals surface area contributed by atoms with Crippen LogP contribution in [0.25, 0.3) is 0 Å². The first-order valence-corrected chi connectivity index (χ1v) is 8.75. The third-order valence-electron chi connectivity index (χ3n) is 4.51. The summed E-state index contributed by atoms with van der Waals surface area (Å²) in [5.41, 5.74) is 0.458. The van der Waals surface area contributed by atoms with E-state index in [-0.39, 0.29) is 5.92 Å². The lowest BCUT2D eigenvalue weighted by Crippen LogP contribution is -2.50. The summed E-state index contributed by atoms with van der Waals surface area (Å²) in [6.45, 7) is 0.469. The first-order valence-electron chi connectivity index (χ1n) is 6.94. The quantitative estimate of drug-likeness (QED) is 0.905. The molecule has 0 spiro atoms. The van der Waals surface area contributed by atoms with Crippen molar-refractivity contribution in [3.8, 4) is 5.75 Å². The number of carbonyl (C=O) groups excluding carboxylic acids is 1. The number of methoxy groups -OCH3 is 1. The molecule has 6 nitrogen and oxygen atoms in total. The van der Waals surface area contributed by atoms with Gasteiger partial charge in [-0.1, -0.05) is 11.6 Å². The third-order valence-corrected chi connectivity index (χ3v) is 7.41. The highest BCUT2D eigenvalue weighted by Crippen LogP contribution is 2.56. The number of nitrogens with one attached hydrogen (secondary N) is 1. The van der Waals surface area contributed by atoms with Crippen molar-refractivity contribution in [2.45, 2.75) is 17.6 Å². The van der Waals surface area contributed by atoms with Gasteiger partial charge in [0.15, 0.2) is 4.75 Å². The number of amides is 1. The number of rotatable bonds is 3. The van der Waals surface area contributed by atoms with Crippen molar-refractivity contribution in [3.05, 3.63) is 23.2 Å². The maximum absolute atomic E-state index is 12.6. The maximum atomic E-state index is 12.6. The van der Waals surface area contributed by atoms with Crippen LogP contribution >= 0.6 is 11.6 Å². The largest absolute Gasteiger partial charge is 0.495 e. The number of carbonyl (C=O) groups is 1. The Hall–Kier alpha value is -1.31. The van der Waals surface area contributed by atoms with Crippen LogP contribution in [0.5, 0.6) is 5.75 Å². The number of sulfonamides is 1. The molecule has 0 bridgehead atoms. The minimum Gasteiger partial charge on any atom is -0.495 e. The average Bonchev–Trinajstić information content (AvgIpc) is 3.21. The molecule has 2 atom stereocenters. The zero-order valence-electron chi connectivity index (χ0n) is 12.3. The minimum absolute atomic E-state index is 0.0950. The van der Waals surface area contributed by atoms with Crippen LogP contribution in [0, 0.1) is 5.92 Å². The first-order chi connectivity index (χ1) is 10.3. The molecule has 0 aromatic heterocycles. The Bertz CT molecular complexity index is 736. The SMILES string of the molecule is COc1ccc(NC(=O)[C@]23C[C@@H]2CCN(C)S3(=O)=O)cc1Cl. The molecule has 2 aliphatic rings. The maximum Gasteiger partial charge on any atom is 0.247 e. The van der Waals surface area contributed by atoms with Gasteiger partial charge in [-0.25, -0.2) is 12.7 Å². The summed E-state index contributed by atoms with van der Waals surface area (Å²) in [5, 5.41) is 3.03. The van der Waals surface area contributed by atoms with E-state index < -0.39 is 20.7 Å². The summed E-state index contributed by atoms with van der Waals surface area (Å²) >= 11 is 6.02. The number of halogens is 1. The van der Waals surface area contributed by atoms with E-state index in [1.807, 2.05) is 0 Å². The van der Waals surface area contributed by atoms with E-state index in [1.165, 1.54) is 18.5 Å². The fourth-order valence-corrected chi connectivity index (χ4v) is 5.47. The molecule has 1 heterocycles. The average molecular weight is 345 g/mol. The van der Waals surface area contributed by atoms with E-state index in [1.54, 1.807) is 18.2 Å². The van der Waals surface area contributed by atoms with Crippen LogP contribution in [0.3, 0.4) is 0 Å². The molecule has 3 rings (SSSR count). The Morgan fingerprint density at radius 2 is 2.23 bits per heavy atom. The third kappa shape index (κ3) is 2.11. The van der Waals surface area contributed by atoms with Gasteiger partial charge in [0.1, 0.15) is 5.75 Å². The van der Waals surface area contributed by atoms with E-state index in [0.29, 0.717) is 35.8 Å². The topological polar surface area (TPSA) is 75.7 Å². The van der Waals surface area contributed by atoms with Crippen molar-refractivity contribution in [1.29, 1.82) is 0 Å². The standard InChI is InChI=1S/C14H17ClN2O4S/c1-17-6-5-9-8-14(9,22(17,19)20)13(18)16-10-3-4-12(21-2)11(15)7-10/h3-4,7,9H,5-6,8H2,1-2H3,(H,16,18)/t9-,14-/m0/s1. The molecule has 120 valence electrons. The van der Waals surface area contributed by atoms with Gasteiger partial charge in [-0.05, 0) is 37.0 Å². The van der Waals surface area contributed by atoms with Crippen LogP contribution in [0.2, 0.25) is 5.02 Å². The highest BCUT2D eigenvalue weighted by Gasteiger charge is 2.71. The number of hydrogen-bond acceptors (Lipinski definition) is 4. The van der Waals surface area contributed by atoms with Gasteiger partial charge in [-0.15, -0.1) is 0 Å². The van der Waals surface area contributed by atoms with E-state index in [4.69, 9.17) is 16.3 Å². The van der Waals surface area contributed by atoms with Crippen LogP contribution in [0.1, 0.15) is 12.8 Å². The molecule has 22 heavy (non-hydrogen) atoms. The zero-order chi connectivity index (χ0) is 16.1. The van der Waals surface area contributed by atoms with Gasteiger partial charge < -0.3 is 10.1 Å².